The fraction of sp³-hybridized carbons (Fsp3) is 0.300. The number of ketones is 1. The van der Waals surface area contributed by atoms with Crippen molar-refractivity contribution >= 4 is 5.78 Å². The normalized spacial score (nSPS) is 12.9. The second-order valence-electron chi connectivity index (χ2n) is 3.12. The van der Waals surface area contributed by atoms with Gasteiger partial charge in [0.1, 0.15) is 0 Å². The van der Waals surface area contributed by atoms with Crippen LogP contribution in [0.1, 0.15) is 16.8 Å². The lowest BCUT2D eigenvalue weighted by atomic mass is 10.1. The number of carbonyl (C=O) groups excluding carboxylic acids is 1. The van der Waals surface area contributed by atoms with Gasteiger partial charge in [-0.25, -0.2) is 4.39 Å². The van der Waals surface area contributed by atoms with Gasteiger partial charge < -0.3 is 15.2 Å². The van der Waals surface area contributed by atoms with E-state index in [2.05, 4.69) is 0 Å². The fourth-order valence-corrected chi connectivity index (χ4v) is 1.45. The zero-order valence-corrected chi connectivity index (χ0v) is 7.96. The Kier molecular flexibility index (Phi) is 2.55. The zero-order chi connectivity index (χ0) is 10.8. The van der Waals surface area contributed by atoms with Gasteiger partial charge in [0.25, 0.3) is 0 Å². The Hall–Kier alpha value is -1.62. The van der Waals surface area contributed by atoms with Gasteiger partial charge in [0, 0.05) is 6.42 Å². The Labute approximate surface area is 85.8 Å². The van der Waals surface area contributed by atoms with E-state index in [1.807, 2.05) is 0 Å². The van der Waals surface area contributed by atoms with Crippen LogP contribution < -0.4 is 15.2 Å². The number of benzene rings is 1. The van der Waals surface area contributed by atoms with Crippen LogP contribution in [0.5, 0.6) is 11.5 Å². The summed E-state index contributed by atoms with van der Waals surface area (Å²) < 4.78 is 23.2. The maximum atomic E-state index is 13.2. The van der Waals surface area contributed by atoms with Crippen molar-refractivity contribution < 1.29 is 18.7 Å². The van der Waals surface area contributed by atoms with Gasteiger partial charge in [0.05, 0.1) is 5.56 Å². The third kappa shape index (κ3) is 1.66. The van der Waals surface area contributed by atoms with E-state index >= 15 is 0 Å². The molecule has 15 heavy (non-hydrogen) atoms. The van der Waals surface area contributed by atoms with E-state index in [0.717, 1.165) is 0 Å². The Balaban J connectivity index is 2.41. The second-order valence-corrected chi connectivity index (χ2v) is 3.12. The molecule has 0 atom stereocenters. The van der Waals surface area contributed by atoms with Crippen LogP contribution in [0, 0.1) is 5.82 Å². The highest BCUT2D eigenvalue weighted by molar-refractivity contribution is 5.99. The van der Waals surface area contributed by atoms with Gasteiger partial charge >= 0.3 is 0 Å². The average molecular weight is 211 g/mol. The molecule has 0 spiro atoms. The van der Waals surface area contributed by atoms with Crippen molar-refractivity contribution in [3.05, 3.63) is 23.5 Å². The molecule has 1 heterocycles. The van der Waals surface area contributed by atoms with Crippen molar-refractivity contribution in [1.82, 2.24) is 0 Å². The van der Waals surface area contributed by atoms with Crippen LogP contribution in [0.15, 0.2) is 12.1 Å². The third-order valence-electron chi connectivity index (χ3n) is 2.14. The lowest BCUT2D eigenvalue weighted by molar-refractivity contribution is 0.0981. The highest BCUT2D eigenvalue weighted by Gasteiger charge is 2.24. The highest BCUT2D eigenvalue weighted by Crippen LogP contribution is 2.38. The molecule has 0 bridgehead atoms. The molecule has 0 saturated heterocycles. The molecule has 0 aliphatic carbocycles. The molecule has 2 N–H and O–H groups in total. The van der Waals surface area contributed by atoms with Crippen molar-refractivity contribution in [3.8, 4) is 11.5 Å². The summed E-state index contributed by atoms with van der Waals surface area (Å²) in [5.74, 6) is -0.489. The van der Waals surface area contributed by atoms with Gasteiger partial charge in [-0.1, -0.05) is 0 Å². The number of rotatable bonds is 3. The molecule has 2 rings (SSSR count). The number of nitrogens with two attached hydrogens (primary N) is 1. The zero-order valence-electron chi connectivity index (χ0n) is 7.96. The molecular weight excluding hydrogens is 201 g/mol. The summed E-state index contributed by atoms with van der Waals surface area (Å²) in [7, 11) is 0. The van der Waals surface area contributed by atoms with Crippen LogP contribution in [0.25, 0.3) is 0 Å². The molecular formula is C10H10FNO3. The molecule has 0 amide bonds. The molecule has 0 saturated carbocycles. The predicted octanol–water partition coefficient (Wildman–Crippen LogP) is 1.09. The van der Waals surface area contributed by atoms with Crippen LogP contribution in [-0.2, 0) is 0 Å². The van der Waals surface area contributed by atoms with Crippen LogP contribution in [0.4, 0.5) is 4.39 Å². The number of ether oxygens (including phenoxy) is 2. The van der Waals surface area contributed by atoms with E-state index in [0.29, 0.717) is 5.56 Å². The van der Waals surface area contributed by atoms with E-state index in [4.69, 9.17) is 15.2 Å². The first-order chi connectivity index (χ1) is 7.24. The van der Waals surface area contributed by atoms with Gasteiger partial charge in [0.15, 0.2) is 17.3 Å². The van der Waals surface area contributed by atoms with Gasteiger partial charge in [-0.05, 0) is 18.7 Å². The molecule has 0 aromatic heterocycles. The minimum absolute atomic E-state index is 0.0119. The van der Waals surface area contributed by atoms with Crippen molar-refractivity contribution in [2.24, 2.45) is 5.73 Å². The largest absolute Gasteiger partial charge is 0.453 e. The first-order valence-corrected chi connectivity index (χ1v) is 4.55. The van der Waals surface area contributed by atoms with Crippen LogP contribution in [-0.4, -0.2) is 19.1 Å². The molecule has 0 radical (unpaired) electrons. The first-order valence-electron chi connectivity index (χ1n) is 4.55. The van der Waals surface area contributed by atoms with Crippen molar-refractivity contribution in [2.75, 3.05) is 13.3 Å². The maximum Gasteiger partial charge on any atom is 0.231 e. The number of fused-ring (bicyclic) bond motifs is 1. The summed E-state index contributed by atoms with van der Waals surface area (Å²) in [4.78, 5) is 11.6. The average Bonchev–Trinajstić information content (AvgIpc) is 2.68. The van der Waals surface area contributed by atoms with E-state index < -0.39 is 5.82 Å². The maximum absolute atomic E-state index is 13.2. The molecule has 1 aliphatic rings. The summed E-state index contributed by atoms with van der Waals surface area (Å²) in [5.41, 5.74) is 5.60. The summed E-state index contributed by atoms with van der Waals surface area (Å²) in [6.07, 6.45) is 0.210. The molecule has 5 heteroatoms. The van der Waals surface area contributed by atoms with Crippen LogP contribution >= 0.6 is 0 Å². The number of hydrogen-bond donors (Lipinski definition) is 1. The summed E-state index contributed by atoms with van der Waals surface area (Å²) in [6, 6.07) is 2.58. The second kappa shape index (κ2) is 3.86. The first kappa shape index (κ1) is 9.92. The Bertz CT molecular complexity index is 406. The van der Waals surface area contributed by atoms with Gasteiger partial charge in [-0.2, -0.15) is 0 Å². The van der Waals surface area contributed by atoms with Crippen molar-refractivity contribution in [2.45, 2.75) is 6.42 Å². The van der Waals surface area contributed by atoms with E-state index in [1.54, 1.807) is 0 Å². The van der Waals surface area contributed by atoms with E-state index in [-0.39, 0.29) is 37.0 Å². The summed E-state index contributed by atoms with van der Waals surface area (Å²) in [5, 5.41) is 0. The number of halogens is 1. The van der Waals surface area contributed by atoms with Gasteiger partial charge in [-0.3, -0.25) is 4.79 Å². The van der Waals surface area contributed by atoms with Crippen LogP contribution in [0.2, 0.25) is 0 Å². The Morgan fingerprint density at radius 3 is 2.87 bits per heavy atom. The third-order valence-corrected chi connectivity index (χ3v) is 2.14. The molecule has 1 aromatic rings. The van der Waals surface area contributed by atoms with Crippen molar-refractivity contribution in [3.63, 3.8) is 0 Å². The van der Waals surface area contributed by atoms with Crippen LogP contribution in [0.3, 0.4) is 0 Å². The quantitative estimate of drug-likeness (QED) is 0.760. The number of hydrogen-bond acceptors (Lipinski definition) is 4. The number of Topliss-reactive ketones (excluding diaryl/α,β-unsaturated/α-hetero) is 1. The topological polar surface area (TPSA) is 61.6 Å². The standard InChI is InChI=1S/C10H10FNO3/c11-7-2-1-6(8(13)3-4-12)9-10(7)15-5-14-9/h1-2H,3-5,12H2. The molecule has 80 valence electrons. The summed E-state index contributed by atoms with van der Waals surface area (Å²) in [6.45, 7) is 0.199. The highest BCUT2D eigenvalue weighted by atomic mass is 19.1. The smallest absolute Gasteiger partial charge is 0.231 e. The minimum atomic E-state index is -0.521. The molecule has 0 fully saturated rings. The van der Waals surface area contributed by atoms with E-state index in [1.165, 1.54) is 12.1 Å². The predicted molar refractivity (Wildman–Crippen MR) is 50.5 cm³/mol. The van der Waals surface area contributed by atoms with Gasteiger partial charge in [0.2, 0.25) is 12.5 Å². The Morgan fingerprint density at radius 2 is 2.13 bits per heavy atom. The lowest BCUT2D eigenvalue weighted by Crippen LogP contribution is -2.09. The monoisotopic (exact) mass is 211 g/mol. The van der Waals surface area contributed by atoms with Gasteiger partial charge in [-0.15, -0.1) is 0 Å². The molecule has 1 aromatic carbocycles. The Morgan fingerprint density at radius 1 is 1.40 bits per heavy atom. The molecule has 0 unspecified atom stereocenters. The number of carbonyl (C=O) groups is 1. The summed E-state index contributed by atoms with van der Waals surface area (Å²) >= 11 is 0. The lowest BCUT2D eigenvalue weighted by Gasteiger charge is -2.04. The minimum Gasteiger partial charge on any atom is -0.453 e. The molecule has 4 nitrogen and oxygen atoms in total. The molecule has 1 aliphatic heterocycles. The van der Waals surface area contributed by atoms with E-state index in [9.17, 15) is 9.18 Å². The SMILES string of the molecule is NCCC(=O)c1ccc(F)c2c1OCO2. The van der Waals surface area contributed by atoms with Crippen molar-refractivity contribution in [1.29, 1.82) is 0 Å². The fourth-order valence-electron chi connectivity index (χ4n) is 1.45.